The first-order valence-corrected chi connectivity index (χ1v) is 9.71. The van der Waals surface area contributed by atoms with Crippen molar-refractivity contribution in [3.63, 3.8) is 0 Å². The van der Waals surface area contributed by atoms with Crippen molar-refractivity contribution in [2.45, 2.75) is 6.92 Å². The Balaban J connectivity index is 1.66. The van der Waals surface area contributed by atoms with Crippen molar-refractivity contribution in [1.82, 2.24) is 9.97 Å². The number of esters is 1. The van der Waals surface area contributed by atoms with Gasteiger partial charge in [0.15, 0.2) is 11.5 Å². The summed E-state index contributed by atoms with van der Waals surface area (Å²) >= 11 is 0. The lowest BCUT2D eigenvalue weighted by atomic mass is 10.1. The number of carbonyl (C=O) groups excluding carboxylic acids is 1. The number of ether oxygens (including phenoxy) is 3. The van der Waals surface area contributed by atoms with Gasteiger partial charge >= 0.3 is 5.97 Å². The molecule has 4 aromatic rings. The Kier molecular flexibility index (Phi) is 5.66. The highest BCUT2D eigenvalue weighted by molar-refractivity contribution is 5.91. The number of hydrogen-bond donors (Lipinski definition) is 1. The zero-order valence-electron chi connectivity index (χ0n) is 17.0. The maximum absolute atomic E-state index is 12.5. The molecular formula is C24H20N2O5. The molecule has 0 saturated carbocycles. The monoisotopic (exact) mass is 416 g/mol. The number of para-hydroxylation sites is 1. The summed E-state index contributed by atoms with van der Waals surface area (Å²) < 4.78 is 16.3. The summed E-state index contributed by atoms with van der Waals surface area (Å²) in [6.07, 6.45) is 0. The van der Waals surface area contributed by atoms with Gasteiger partial charge < -0.3 is 19.2 Å². The van der Waals surface area contributed by atoms with Crippen LogP contribution in [-0.2, 0) is 0 Å². The summed E-state index contributed by atoms with van der Waals surface area (Å²) in [5, 5.41) is 0.515. The van der Waals surface area contributed by atoms with Crippen LogP contribution in [0, 0.1) is 0 Å². The highest BCUT2D eigenvalue weighted by Crippen LogP contribution is 2.32. The van der Waals surface area contributed by atoms with Crippen molar-refractivity contribution in [2.75, 3.05) is 13.7 Å². The third-order valence-corrected chi connectivity index (χ3v) is 4.66. The minimum absolute atomic E-state index is 0.228. The zero-order chi connectivity index (χ0) is 21.8. The fourth-order valence-electron chi connectivity index (χ4n) is 3.12. The molecule has 0 amide bonds. The Hall–Kier alpha value is -4.13. The molecule has 31 heavy (non-hydrogen) atoms. The lowest BCUT2D eigenvalue weighted by Gasteiger charge is -2.12. The maximum Gasteiger partial charge on any atom is 0.343 e. The molecule has 0 spiro atoms. The summed E-state index contributed by atoms with van der Waals surface area (Å²) in [4.78, 5) is 32.3. The first kappa shape index (κ1) is 20.2. The van der Waals surface area contributed by atoms with Crippen molar-refractivity contribution in [2.24, 2.45) is 0 Å². The Morgan fingerprint density at radius 1 is 1.00 bits per heavy atom. The molecule has 0 radical (unpaired) electrons. The van der Waals surface area contributed by atoms with Crippen molar-refractivity contribution < 1.29 is 19.0 Å². The minimum atomic E-state index is -0.520. The normalized spacial score (nSPS) is 10.6. The van der Waals surface area contributed by atoms with Gasteiger partial charge in [-0.15, -0.1) is 0 Å². The molecule has 0 atom stereocenters. The fraction of sp³-hybridized carbons (Fsp3) is 0.125. The number of H-pyrrole nitrogens is 1. The topological polar surface area (TPSA) is 90.5 Å². The van der Waals surface area contributed by atoms with E-state index in [0.29, 0.717) is 46.0 Å². The minimum Gasteiger partial charge on any atom is -0.497 e. The molecule has 0 fully saturated rings. The standard InChI is InChI=1S/C24H20N2O5/c1-3-30-21-14-16(22-25-19-7-5-4-6-18(19)23(27)26-22)10-13-20(21)31-24(28)15-8-11-17(29-2)12-9-15/h4-14H,3H2,1-2H3,(H,25,26,27). The molecule has 1 aromatic heterocycles. The zero-order valence-corrected chi connectivity index (χ0v) is 17.0. The number of aromatic nitrogens is 2. The van der Waals surface area contributed by atoms with E-state index in [1.807, 2.05) is 13.0 Å². The summed E-state index contributed by atoms with van der Waals surface area (Å²) in [6.45, 7) is 2.20. The van der Waals surface area contributed by atoms with E-state index >= 15 is 0 Å². The number of methoxy groups -OCH3 is 1. The van der Waals surface area contributed by atoms with Gasteiger partial charge in [0.05, 0.1) is 30.2 Å². The molecule has 0 aliphatic carbocycles. The Morgan fingerprint density at radius 2 is 1.77 bits per heavy atom. The number of nitrogens with one attached hydrogen (secondary N) is 1. The predicted molar refractivity (Wildman–Crippen MR) is 117 cm³/mol. The van der Waals surface area contributed by atoms with Crippen LogP contribution in [0.25, 0.3) is 22.3 Å². The van der Waals surface area contributed by atoms with Crippen molar-refractivity contribution in [3.8, 4) is 28.6 Å². The average molecular weight is 416 g/mol. The lowest BCUT2D eigenvalue weighted by molar-refractivity contribution is 0.0728. The first-order valence-electron chi connectivity index (χ1n) is 9.71. The van der Waals surface area contributed by atoms with Gasteiger partial charge in [0, 0.05) is 5.56 Å². The molecule has 1 heterocycles. The number of carbonyl (C=O) groups is 1. The van der Waals surface area contributed by atoms with Gasteiger partial charge in [-0.2, -0.15) is 0 Å². The van der Waals surface area contributed by atoms with E-state index in [4.69, 9.17) is 14.2 Å². The van der Waals surface area contributed by atoms with Gasteiger partial charge in [-0.05, 0) is 61.5 Å². The van der Waals surface area contributed by atoms with E-state index in [9.17, 15) is 9.59 Å². The molecule has 156 valence electrons. The van der Waals surface area contributed by atoms with Crippen molar-refractivity contribution in [1.29, 1.82) is 0 Å². The average Bonchev–Trinajstić information content (AvgIpc) is 2.80. The maximum atomic E-state index is 12.5. The number of hydrogen-bond acceptors (Lipinski definition) is 6. The number of aromatic amines is 1. The molecule has 0 aliphatic rings. The molecular weight excluding hydrogens is 396 g/mol. The van der Waals surface area contributed by atoms with Crippen LogP contribution >= 0.6 is 0 Å². The van der Waals surface area contributed by atoms with Gasteiger partial charge in [-0.1, -0.05) is 12.1 Å². The Morgan fingerprint density at radius 3 is 2.52 bits per heavy atom. The van der Waals surface area contributed by atoms with Crippen molar-refractivity contribution >= 4 is 16.9 Å². The first-order chi connectivity index (χ1) is 15.1. The smallest absolute Gasteiger partial charge is 0.343 e. The third kappa shape index (κ3) is 4.25. The fourth-order valence-corrected chi connectivity index (χ4v) is 3.12. The molecule has 1 N–H and O–H groups in total. The number of fused-ring (bicyclic) bond motifs is 1. The van der Waals surface area contributed by atoms with E-state index < -0.39 is 5.97 Å². The molecule has 7 nitrogen and oxygen atoms in total. The second kappa shape index (κ2) is 8.71. The molecule has 0 unspecified atom stereocenters. The van der Waals surface area contributed by atoms with Crippen LogP contribution in [0.3, 0.4) is 0 Å². The largest absolute Gasteiger partial charge is 0.497 e. The lowest BCUT2D eigenvalue weighted by Crippen LogP contribution is -2.11. The second-order valence-electron chi connectivity index (χ2n) is 6.64. The SMILES string of the molecule is CCOc1cc(-c2nc3ccccc3c(=O)[nH]2)ccc1OC(=O)c1ccc(OC)cc1. The van der Waals surface area contributed by atoms with Gasteiger partial charge in [-0.25, -0.2) is 9.78 Å². The summed E-state index contributed by atoms with van der Waals surface area (Å²) in [5.41, 5.74) is 1.38. The number of nitrogens with zero attached hydrogens (tertiary/aromatic N) is 1. The van der Waals surface area contributed by atoms with Crippen LogP contribution in [0.2, 0.25) is 0 Å². The van der Waals surface area contributed by atoms with Gasteiger partial charge in [-0.3, -0.25) is 4.79 Å². The van der Waals surface area contributed by atoms with Gasteiger partial charge in [0.2, 0.25) is 0 Å². The molecule has 7 heteroatoms. The number of benzene rings is 3. The van der Waals surface area contributed by atoms with Crippen LogP contribution in [0.15, 0.2) is 71.5 Å². The molecule has 0 bridgehead atoms. The Labute approximate surface area is 178 Å². The van der Waals surface area contributed by atoms with E-state index in [-0.39, 0.29) is 11.3 Å². The molecule has 0 saturated heterocycles. The number of rotatable bonds is 6. The van der Waals surface area contributed by atoms with Crippen LogP contribution in [0.5, 0.6) is 17.2 Å². The predicted octanol–water partition coefficient (Wildman–Crippen LogP) is 4.22. The summed E-state index contributed by atoms with van der Waals surface area (Å²) in [5.74, 6) is 1.17. The van der Waals surface area contributed by atoms with E-state index in [2.05, 4.69) is 9.97 Å². The molecule has 3 aromatic carbocycles. The quantitative estimate of drug-likeness (QED) is 0.374. The summed E-state index contributed by atoms with van der Waals surface area (Å²) in [6, 6.07) is 18.8. The van der Waals surface area contributed by atoms with Gasteiger partial charge in [0.1, 0.15) is 11.6 Å². The van der Waals surface area contributed by atoms with E-state index in [1.165, 1.54) is 0 Å². The van der Waals surface area contributed by atoms with Crippen LogP contribution in [0.4, 0.5) is 0 Å². The highest BCUT2D eigenvalue weighted by Gasteiger charge is 2.15. The highest BCUT2D eigenvalue weighted by atomic mass is 16.6. The molecule has 4 rings (SSSR count). The summed E-state index contributed by atoms with van der Waals surface area (Å²) in [7, 11) is 1.56. The van der Waals surface area contributed by atoms with Crippen LogP contribution in [0.1, 0.15) is 17.3 Å². The van der Waals surface area contributed by atoms with Crippen LogP contribution in [-0.4, -0.2) is 29.7 Å². The van der Waals surface area contributed by atoms with Crippen molar-refractivity contribution in [3.05, 3.63) is 82.6 Å². The second-order valence-corrected chi connectivity index (χ2v) is 6.64. The van der Waals surface area contributed by atoms with Gasteiger partial charge in [0.25, 0.3) is 5.56 Å². The Bertz CT molecular complexity index is 1300. The van der Waals surface area contributed by atoms with E-state index in [0.717, 1.165) is 0 Å². The van der Waals surface area contributed by atoms with E-state index in [1.54, 1.807) is 67.8 Å². The molecule has 0 aliphatic heterocycles. The third-order valence-electron chi connectivity index (χ3n) is 4.66. The van der Waals surface area contributed by atoms with Crippen LogP contribution < -0.4 is 19.8 Å².